The summed E-state index contributed by atoms with van der Waals surface area (Å²) >= 11 is 9.71. The molecule has 0 amide bonds. The van der Waals surface area contributed by atoms with Crippen LogP contribution in [0.25, 0.3) is 0 Å². The van der Waals surface area contributed by atoms with Crippen molar-refractivity contribution >= 4 is 27.5 Å². The van der Waals surface area contributed by atoms with Gasteiger partial charge in [0.05, 0.1) is 5.60 Å². The van der Waals surface area contributed by atoms with Gasteiger partial charge >= 0.3 is 0 Å². The molecule has 1 aromatic rings. The SMILES string of the molecule is CC(NCC1(O)CCC(C)(C)CC1)c1ccc(Br)cc1Cl. The summed E-state index contributed by atoms with van der Waals surface area (Å²) in [7, 11) is 0. The number of benzene rings is 1. The van der Waals surface area contributed by atoms with Crippen LogP contribution in [0.5, 0.6) is 0 Å². The molecule has 4 heteroatoms. The van der Waals surface area contributed by atoms with Gasteiger partial charge in [0.2, 0.25) is 0 Å². The van der Waals surface area contributed by atoms with E-state index >= 15 is 0 Å². The Balaban J connectivity index is 1.93. The molecule has 0 aliphatic heterocycles. The average molecular weight is 375 g/mol. The Kier molecular flexibility index (Phi) is 5.40. The fourth-order valence-electron chi connectivity index (χ4n) is 2.87. The third kappa shape index (κ3) is 4.69. The first kappa shape index (κ1) is 17.3. The van der Waals surface area contributed by atoms with Crippen LogP contribution in [0.3, 0.4) is 0 Å². The molecule has 21 heavy (non-hydrogen) atoms. The Morgan fingerprint density at radius 1 is 1.29 bits per heavy atom. The first-order chi connectivity index (χ1) is 9.71. The highest BCUT2D eigenvalue weighted by molar-refractivity contribution is 9.10. The fraction of sp³-hybridized carbons (Fsp3) is 0.647. The topological polar surface area (TPSA) is 32.3 Å². The maximum absolute atomic E-state index is 10.7. The van der Waals surface area contributed by atoms with E-state index in [-0.39, 0.29) is 6.04 Å². The first-order valence-electron chi connectivity index (χ1n) is 7.62. The van der Waals surface area contributed by atoms with Crippen LogP contribution in [0.1, 0.15) is 58.1 Å². The van der Waals surface area contributed by atoms with Crippen molar-refractivity contribution in [1.82, 2.24) is 5.32 Å². The van der Waals surface area contributed by atoms with E-state index in [1.54, 1.807) is 0 Å². The van der Waals surface area contributed by atoms with Gasteiger partial charge in [0.15, 0.2) is 0 Å². The summed E-state index contributed by atoms with van der Waals surface area (Å²) in [6, 6.07) is 6.06. The van der Waals surface area contributed by atoms with Crippen molar-refractivity contribution in [2.24, 2.45) is 5.41 Å². The molecule has 118 valence electrons. The summed E-state index contributed by atoms with van der Waals surface area (Å²) in [5.74, 6) is 0. The fourth-order valence-corrected chi connectivity index (χ4v) is 3.71. The zero-order valence-electron chi connectivity index (χ0n) is 13.0. The van der Waals surface area contributed by atoms with E-state index in [1.807, 2.05) is 18.2 Å². The second-order valence-corrected chi connectivity index (χ2v) is 8.48. The van der Waals surface area contributed by atoms with Crippen LogP contribution >= 0.6 is 27.5 Å². The van der Waals surface area contributed by atoms with Crippen LogP contribution in [0.4, 0.5) is 0 Å². The zero-order valence-corrected chi connectivity index (χ0v) is 15.4. The summed E-state index contributed by atoms with van der Waals surface area (Å²) in [6.45, 7) is 7.27. The van der Waals surface area contributed by atoms with Crippen LogP contribution in [0.2, 0.25) is 5.02 Å². The molecule has 0 radical (unpaired) electrons. The third-order valence-corrected chi connectivity index (χ3v) is 5.52. The van der Waals surface area contributed by atoms with Gasteiger partial charge in [-0.15, -0.1) is 0 Å². The number of nitrogens with one attached hydrogen (secondary N) is 1. The number of halogens is 2. The van der Waals surface area contributed by atoms with Crippen molar-refractivity contribution in [1.29, 1.82) is 0 Å². The van der Waals surface area contributed by atoms with Crippen molar-refractivity contribution in [2.75, 3.05) is 6.54 Å². The van der Waals surface area contributed by atoms with Crippen molar-refractivity contribution in [3.8, 4) is 0 Å². The van der Waals surface area contributed by atoms with E-state index in [0.717, 1.165) is 40.7 Å². The standard InChI is InChI=1S/C17H25BrClNO/c1-12(14-5-4-13(18)10-15(14)19)20-11-17(21)8-6-16(2,3)7-9-17/h4-5,10,12,20-21H,6-9,11H2,1-3H3. The molecule has 0 saturated heterocycles. The van der Waals surface area contributed by atoms with Crippen molar-refractivity contribution in [2.45, 2.75) is 58.1 Å². The second-order valence-electron chi connectivity index (χ2n) is 7.16. The lowest BCUT2D eigenvalue weighted by atomic mass is 9.71. The minimum Gasteiger partial charge on any atom is -0.389 e. The molecule has 0 heterocycles. The molecule has 1 saturated carbocycles. The van der Waals surface area contributed by atoms with Gasteiger partial charge in [0.1, 0.15) is 0 Å². The highest BCUT2D eigenvalue weighted by Gasteiger charge is 2.36. The van der Waals surface area contributed by atoms with Gasteiger partial charge in [-0.3, -0.25) is 0 Å². The normalized spacial score (nSPS) is 22.0. The smallest absolute Gasteiger partial charge is 0.0772 e. The molecule has 0 aromatic heterocycles. The van der Waals surface area contributed by atoms with Crippen LogP contribution < -0.4 is 5.32 Å². The summed E-state index contributed by atoms with van der Waals surface area (Å²) in [6.07, 6.45) is 3.90. The highest BCUT2D eigenvalue weighted by Crippen LogP contribution is 2.40. The largest absolute Gasteiger partial charge is 0.389 e. The van der Waals surface area contributed by atoms with Gasteiger partial charge in [0.25, 0.3) is 0 Å². The molecule has 1 fully saturated rings. The average Bonchev–Trinajstić information content (AvgIpc) is 2.40. The summed E-state index contributed by atoms with van der Waals surface area (Å²) in [4.78, 5) is 0. The third-order valence-electron chi connectivity index (χ3n) is 4.70. The van der Waals surface area contributed by atoms with Gasteiger partial charge in [-0.05, 0) is 55.7 Å². The van der Waals surface area contributed by atoms with E-state index in [2.05, 4.69) is 42.0 Å². The summed E-state index contributed by atoms with van der Waals surface area (Å²) in [5, 5.41) is 14.9. The van der Waals surface area contributed by atoms with E-state index in [1.165, 1.54) is 0 Å². The van der Waals surface area contributed by atoms with Gasteiger partial charge in [-0.1, -0.05) is 47.4 Å². The Hall–Kier alpha value is -0.0900. The van der Waals surface area contributed by atoms with Gasteiger partial charge in [-0.25, -0.2) is 0 Å². The monoisotopic (exact) mass is 373 g/mol. The van der Waals surface area contributed by atoms with Crippen molar-refractivity contribution < 1.29 is 5.11 Å². The molecule has 1 aromatic carbocycles. The predicted octanol–water partition coefficient (Wildman–Crippen LogP) is 5.08. The molecule has 2 rings (SSSR count). The predicted molar refractivity (Wildman–Crippen MR) is 92.8 cm³/mol. The van der Waals surface area contributed by atoms with E-state index in [4.69, 9.17) is 11.6 Å². The highest BCUT2D eigenvalue weighted by atomic mass is 79.9. The van der Waals surface area contributed by atoms with Crippen LogP contribution in [-0.2, 0) is 0 Å². The maximum Gasteiger partial charge on any atom is 0.0772 e. The molecule has 2 N–H and O–H groups in total. The van der Waals surface area contributed by atoms with E-state index in [9.17, 15) is 5.11 Å². The minimum atomic E-state index is -0.578. The van der Waals surface area contributed by atoms with Crippen molar-refractivity contribution in [3.05, 3.63) is 33.3 Å². The Bertz CT molecular complexity index is 494. The molecular weight excluding hydrogens is 350 g/mol. The van der Waals surface area contributed by atoms with Gasteiger partial charge in [0, 0.05) is 22.1 Å². The Morgan fingerprint density at radius 2 is 1.90 bits per heavy atom. The summed E-state index contributed by atoms with van der Waals surface area (Å²) < 4.78 is 0.983. The molecule has 0 spiro atoms. The molecule has 1 unspecified atom stereocenters. The molecule has 1 aliphatic rings. The first-order valence-corrected chi connectivity index (χ1v) is 8.79. The molecule has 2 nitrogen and oxygen atoms in total. The summed E-state index contributed by atoms with van der Waals surface area (Å²) in [5.41, 5.74) is 0.859. The lowest BCUT2D eigenvalue weighted by Crippen LogP contribution is -2.45. The lowest BCUT2D eigenvalue weighted by molar-refractivity contribution is -0.0258. The van der Waals surface area contributed by atoms with Crippen LogP contribution in [0.15, 0.2) is 22.7 Å². The minimum absolute atomic E-state index is 0.129. The molecule has 0 bridgehead atoms. The lowest BCUT2D eigenvalue weighted by Gasteiger charge is -2.40. The van der Waals surface area contributed by atoms with Crippen LogP contribution in [-0.4, -0.2) is 17.3 Å². The molecule has 1 atom stereocenters. The zero-order chi connectivity index (χ0) is 15.7. The van der Waals surface area contributed by atoms with E-state index in [0.29, 0.717) is 12.0 Å². The number of rotatable bonds is 4. The Labute approximate surface area is 141 Å². The van der Waals surface area contributed by atoms with Crippen LogP contribution in [0, 0.1) is 5.41 Å². The number of hydrogen-bond acceptors (Lipinski definition) is 2. The number of aliphatic hydroxyl groups is 1. The maximum atomic E-state index is 10.7. The van der Waals surface area contributed by atoms with Crippen molar-refractivity contribution in [3.63, 3.8) is 0 Å². The van der Waals surface area contributed by atoms with Gasteiger partial charge in [-0.2, -0.15) is 0 Å². The molecular formula is C17H25BrClNO. The molecule has 1 aliphatic carbocycles. The Morgan fingerprint density at radius 3 is 2.48 bits per heavy atom. The van der Waals surface area contributed by atoms with Gasteiger partial charge < -0.3 is 10.4 Å². The quantitative estimate of drug-likeness (QED) is 0.770. The number of hydrogen-bond donors (Lipinski definition) is 2. The second kappa shape index (κ2) is 6.57. The van der Waals surface area contributed by atoms with E-state index < -0.39 is 5.60 Å².